The Morgan fingerprint density at radius 1 is 1.35 bits per heavy atom. The minimum absolute atomic E-state index is 0.315. The topological polar surface area (TPSA) is 47.3 Å². The predicted molar refractivity (Wildman–Crippen MR) is 73.1 cm³/mol. The summed E-state index contributed by atoms with van der Waals surface area (Å²) in [5, 5.41) is 3.47. The molecule has 2 unspecified atom stereocenters. The fourth-order valence-corrected chi connectivity index (χ4v) is 2.41. The van der Waals surface area contributed by atoms with Crippen LogP contribution in [0.1, 0.15) is 52.9 Å². The van der Waals surface area contributed by atoms with Crippen LogP contribution >= 0.6 is 0 Å². The van der Waals surface area contributed by atoms with Crippen LogP contribution in [0, 0.1) is 5.41 Å². The maximum atomic E-state index is 6.11. The molecule has 0 amide bonds. The van der Waals surface area contributed by atoms with Crippen molar-refractivity contribution in [1.82, 2.24) is 5.32 Å². The summed E-state index contributed by atoms with van der Waals surface area (Å²) in [5.41, 5.74) is 6.45. The summed E-state index contributed by atoms with van der Waals surface area (Å²) in [5.74, 6) is 0. The molecule has 3 nitrogen and oxygen atoms in total. The van der Waals surface area contributed by atoms with Crippen LogP contribution in [-0.4, -0.2) is 31.8 Å². The van der Waals surface area contributed by atoms with E-state index in [1.54, 1.807) is 0 Å². The average molecular weight is 242 g/mol. The first-order chi connectivity index (χ1) is 7.97. The van der Waals surface area contributed by atoms with Crippen LogP contribution in [0.2, 0.25) is 0 Å². The standard InChI is InChI=1S/C14H30N2O/c1-14(2,3)10-12(15)7-8-16-11-13-6-4-5-9-17-13/h12-13,16H,4-11,15H2,1-3H3. The minimum Gasteiger partial charge on any atom is -0.377 e. The SMILES string of the molecule is CC(C)(C)CC(N)CCNCC1CCCCO1. The highest BCUT2D eigenvalue weighted by Crippen LogP contribution is 2.20. The summed E-state index contributed by atoms with van der Waals surface area (Å²) in [7, 11) is 0. The monoisotopic (exact) mass is 242 g/mol. The van der Waals surface area contributed by atoms with E-state index in [9.17, 15) is 0 Å². The summed E-state index contributed by atoms with van der Waals surface area (Å²) in [6.07, 6.45) is 6.34. The molecular formula is C14H30N2O. The Balaban J connectivity index is 1.99. The zero-order valence-electron chi connectivity index (χ0n) is 11.8. The quantitative estimate of drug-likeness (QED) is 0.703. The molecule has 1 aliphatic heterocycles. The number of nitrogens with one attached hydrogen (secondary N) is 1. The first-order valence-electron chi connectivity index (χ1n) is 7.05. The molecule has 0 bridgehead atoms. The molecule has 102 valence electrons. The lowest BCUT2D eigenvalue weighted by Gasteiger charge is -2.25. The van der Waals surface area contributed by atoms with Gasteiger partial charge in [0, 0.05) is 19.2 Å². The van der Waals surface area contributed by atoms with Crippen LogP contribution in [0.25, 0.3) is 0 Å². The molecule has 3 N–H and O–H groups in total. The fraction of sp³-hybridized carbons (Fsp3) is 1.00. The van der Waals surface area contributed by atoms with Gasteiger partial charge in [0.1, 0.15) is 0 Å². The summed E-state index contributed by atoms with van der Waals surface area (Å²) in [6.45, 7) is 9.68. The third kappa shape index (κ3) is 7.74. The van der Waals surface area contributed by atoms with Crippen LogP contribution in [0.15, 0.2) is 0 Å². The fourth-order valence-electron chi connectivity index (χ4n) is 2.41. The Hall–Kier alpha value is -0.120. The average Bonchev–Trinajstić information content (AvgIpc) is 2.23. The van der Waals surface area contributed by atoms with Gasteiger partial charge in [0.25, 0.3) is 0 Å². The van der Waals surface area contributed by atoms with E-state index in [-0.39, 0.29) is 0 Å². The van der Waals surface area contributed by atoms with Crippen LogP contribution in [0.5, 0.6) is 0 Å². The van der Waals surface area contributed by atoms with E-state index < -0.39 is 0 Å². The third-order valence-electron chi connectivity index (χ3n) is 3.21. The molecule has 1 aliphatic rings. The minimum atomic E-state index is 0.315. The van der Waals surface area contributed by atoms with Crippen molar-refractivity contribution < 1.29 is 4.74 Å². The van der Waals surface area contributed by atoms with Crippen molar-refractivity contribution in [2.24, 2.45) is 11.1 Å². The number of nitrogens with two attached hydrogens (primary N) is 1. The Kier molecular flexibility index (Phi) is 6.45. The smallest absolute Gasteiger partial charge is 0.0699 e. The molecule has 0 aromatic carbocycles. The highest BCUT2D eigenvalue weighted by molar-refractivity contribution is 4.73. The largest absolute Gasteiger partial charge is 0.377 e. The Morgan fingerprint density at radius 3 is 2.71 bits per heavy atom. The summed E-state index contributed by atoms with van der Waals surface area (Å²) in [6, 6.07) is 0.315. The van der Waals surface area contributed by atoms with Crippen molar-refractivity contribution in [2.45, 2.75) is 65.0 Å². The Labute approximate surface area is 106 Å². The van der Waals surface area contributed by atoms with Crippen LogP contribution < -0.4 is 11.1 Å². The molecule has 3 heteroatoms. The lowest BCUT2D eigenvalue weighted by atomic mass is 9.87. The second kappa shape index (κ2) is 7.34. The molecule has 1 saturated heterocycles. The van der Waals surface area contributed by atoms with E-state index in [0.717, 1.165) is 32.5 Å². The summed E-state index contributed by atoms with van der Waals surface area (Å²) < 4.78 is 5.67. The van der Waals surface area contributed by atoms with Gasteiger partial charge in [-0.05, 0) is 44.1 Å². The van der Waals surface area contributed by atoms with Crippen molar-refractivity contribution in [2.75, 3.05) is 19.7 Å². The summed E-state index contributed by atoms with van der Waals surface area (Å²) >= 11 is 0. The molecule has 1 heterocycles. The summed E-state index contributed by atoms with van der Waals surface area (Å²) in [4.78, 5) is 0. The normalized spacial score (nSPS) is 23.6. The van der Waals surface area contributed by atoms with Gasteiger partial charge in [0.2, 0.25) is 0 Å². The maximum absolute atomic E-state index is 6.11. The van der Waals surface area contributed by atoms with Crippen LogP contribution in [0.4, 0.5) is 0 Å². The molecule has 0 aromatic rings. The Morgan fingerprint density at radius 2 is 2.12 bits per heavy atom. The molecule has 1 fully saturated rings. The molecule has 0 radical (unpaired) electrons. The van der Waals surface area contributed by atoms with Crippen molar-refractivity contribution >= 4 is 0 Å². The number of hydrogen-bond acceptors (Lipinski definition) is 3. The van der Waals surface area contributed by atoms with Crippen LogP contribution in [0.3, 0.4) is 0 Å². The number of ether oxygens (including phenoxy) is 1. The van der Waals surface area contributed by atoms with Gasteiger partial charge in [-0.15, -0.1) is 0 Å². The van der Waals surface area contributed by atoms with Gasteiger partial charge in [0.05, 0.1) is 6.10 Å². The van der Waals surface area contributed by atoms with Crippen LogP contribution in [-0.2, 0) is 4.74 Å². The van der Waals surface area contributed by atoms with Gasteiger partial charge < -0.3 is 15.8 Å². The van der Waals surface area contributed by atoms with E-state index in [4.69, 9.17) is 10.5 Å². The molecule has 0 aromatic heterocycles. The van der Waals surface area contributed by atoms with Gasteiger partial charge in [-0.1, -0.05) is 20.8 Å². The maximum Gasteiger partial charge on any atom is 0.0699 e. The third-order valence-corrected chi connectivity index (χ3v) is 3.21. The number of rotatable bonds is 6. The molecule has 0 saturated carbocycles. The lowest BCUT2D eigenvalue weighted by Crippen LogP contribution is -2.35. The molecule has 2 atom stereocenters. The first-order valence-corrected chi connectivity index (χ1v) is 7.05. The van der Waals surface area contributed by atoms with Gasteiger partial charge in [-0.2, -0.15) is 0 Å². The van der Waals surface area contributed by atoms with Gasteiger partial charge in [0.15, 0.2) is 0 Å². The highest BCUT2D eigenvalue weighted by atomic mass is 16.5. The van der Waals surface area contributed by atoms with Crippen molar-refractivity contribution in [3.05, 3.63) is 0 Å². The van der Waals surface area contributed by atoms with E-state index >= 15 is 0 Å². The Bertz CT molecular complexity index is 195. The molecule has 0 aliphatic carbocycles. The van der Waals surface area contributed by atoms with E-state index in [1.807, 2.05) is 0 Å². The van der Waals surface area contributed by atoms with Gasteiger partial charge in [-0.3, -0.25) is 0 Å². The molecular weight excluding hydrogens is 212 g/mol. The van der Waals surface area contributed by atoms with Crippen molar-refractivity contribution in [1.29, 1.82) is 0 Å². The second-order valence-electron chi connectivity index (χ2n) is 6.51. The van der Waals surface area contributed by atoms with E-state index in [2.05, 4.69) is 26.1 Å². The van der Waals surface area contributed by atoms with E-state index in [1.165, 1.54) is 19.3 Å². The lowest BCUT2D eigenvalue weighted by molar-refractivity contribution is 0.0169. The zero-order valence-corrected chi connectivity index (χ0v) is 11.8. The van der Waals surface area contributed by atoms with E-state index in [0.29, 0.717) is 17.6 Å². The second-order valence-corrected chi connectivity index (χ2v) is 6.51. The van der Waals surface area contributed by atoms with Crippen molar-refractivity contribution in [3.63, 3.8) is 0 Å². The molecule has 17 heavy (non-hydrogen) atoms. The van der Waals surface area contributed by atoms with Gasteiger partial charge >= 0.3 is 0 Å². The van der Waals surface area contributed by atoms with Gasteiger partial charge in [-0.25, -0.2) is 0 Å². The predicted octanol–water partition coefficient (Wildman–Crippen LogP) is 2.30. The molecule has 1 rings (SSSR count). The highest BCUT2D eigenvalue weighted by Gasteiger charge is 2.16. The zero-order chi connectivity index (χ0) is 12.7. The van der Waals surface area contributed by atoms with Crippen molar-refractivity contribution in [3.8, 4) is 0 Å². The molecule has 0 spiro atoms. The number of hydrogen-bond donors (Lipinski definition) is 2. The first kappa shape index (κ1) is 14.9.